The first kappa shape index (κ1) is 18.9. The first-order chi connectivity index (χ1) is 11.9. The number of aromatic nitrogens is 4. The van der Waals surface area contributed by atoms with Gasteiger partial charge in [-0.15, -0.1) is 11.3 Å². The summed E-state index contributed by atoms with van der Waals surface area (Å²) in [6.07, 6.45) is -4.63. The van der Waals surface area contributed by atoms with Crippen molar-refractivity contribution in [2.45, 2.75) is 39.1 Å². The average Bonchev–Trinajstić information content (AvgIpc) is 2.97. The van der Waals surface area contributed by atoms with Crippen molar-refractivity contribution in [3.05, 3.63) is 49.6 Å². The van der Waals surface area contributed by atoms with Crippen LogP contribution < -0.4 is 5.56 Å². The van der Waals surface area contributed by atoms with Gasteiger partial charge in [0.05, 0.1) is 17.9 Å². The van der Waals surface area contributed by atoms with Gasteiger partial charge in [0.2, 0.25) is 0 Å². The first-order valence-corrected chi connectivity index (χ1v) is 8.63. The summed E-state index contributed by atoms with van der Waals surface area (Å²) in [6.45, 7) is 4.47. The van der Waals surface area contributed by atoms with Gasteiger partial charge in [-0.2, -0.15) is 18.3 Å². The molecular formula is C15H14ClF3N4O2S. The van der Waals surface area contributed by atoms with Crippen molar-refractivity contribution < 1.29 is 18.3 Å². The number of hydrogen-bond donors (Lipinski definition) is 1. The molecule has 6 nitrogen and oxygen atoms in total. The third-order valence-electron chi connectivity index (χ3n) is 3.67. The van der Waals surface area contributed by atoms with Crippen molar-refractivity contribution in [2.24, 2.45) is 0 Å². The van der Waals surface area contributed by atoms with Gasteiger partial charge in [-0.3, -0.25) is 13.9 Å². The van der Waals surface area contributed by atoms with Crippen LogP contribution >= 0.6 is 22.9 Å². The van der Waals surface area contributed by atoms with Crippen LogP contribution in [0.3, 0.4) is 0 Å². The quantitative estimate of drug-likeness (QED) is 0.725. The van der Waals surface area contributed by atoms with Gasteiger partial charge >= 0.3 is 6.18 Å². The largest absolute Gasteiger partial charge is 0.433 e. The van der Waals surface area contributed by atoms with Gasteiger partial charge in [0.25, 0.3) is 5.56 Å². The number of rotatable bonds is 3. The van der Waals surface area contributed by atoms with Gasteiger partial charge in [-0.05, 0) is 20.8 Å². The molecule has 0 bridgehead atoms. The van der Waals surface area contributed by atoms with E-state index in [4.69, 9.17) is 11.6 Å². The number of thiazole rings is 1. The third-order valence-corrected chi connectivity index (χ3v) is 4.82. The lowest BCUT2D eigenvalue weighted by Gasteiger charge is -2.18. The van der Waals surface area contributed by atoms with Crippen LogP contribution in [0.4, 0.5) is 13.2 Å². The van der Waals surface area contributed by atoms with Gasteiger partial charge in [0.1, 0.15) is 11.3 Å². The van der Waals surface area contributed by atoms with E-state index in [1.165, 1.54) is 15.7 Å². The van der Waals surface area contributed by atoms with E-state index in [0.717, 1.165) is 6.07 Å². The minimum absolute atomic E-state index is 0.115. The van der Waals surface area contributed by atoms with Crippen LogP contribution in [0, 0.1) is 6.92 Å². The Balaban J connectivity index is 2.11. The lowest BCUT2D eigenvalue weighted by molar-refractivity contribution is -0.144. The fraction of sp³-hybridized carbons (Fsp3) is 0.400. The molecule has 0 atom stereocenters. The maximum Gasteiger partial charge on any atom is 0.433 e. The average molecular weight is 407 g/mol. The smallest absolute Gasteiger partial charge is 0.384 e. The fourth-order valence-corrected chi connectivity index (χ4v) is 4.14. The molecule has 0 radical (unpaired) electrons. The Bertz CT molecular complexity index is 1050. The van der Waals surface area contributed by atoms with Crippen molar-refractivity contribution in [2.75, 3.05) is 0 Å². The minimum Gasteiger partial charge on any atom is -0.384 e. The van der Waals surface area contributed by atoms with Crippen molar-refractivity contribution >= 4 is 27.9 Å². The Labute approximate surface area is 154 Å². The molecule has 0 aliphatic rings. The highest BCUT2D eigenvalue weighted by molar-refractivity contribution is 7.17. The number of fused-ring (bicyclic) bond motifs is 1. The lowest BCUT2D eigenvalue weighted by atomic mass is 10.0. The maximum absolute atomic E-state index is 13.1. The zero-order valence-electron chi connectivity index (χ0n) is 13.9. The molecule has 3 aromatic heterocycles. The molecule has 0 aliphatic heterocycles. The van der Waals surface area contributed by atoms with E-state index in [9.17, 15) is 23.1 Å². The van der Waals surface area contributed by atoms with Crippen LogP contribution in [-0.4, -0.2) is 24.3 Å². The van der Waals surface area contributed by atoms with E-state index < -0.39 is 23.0 Å². The highest BCUT2D eigenvalue weighted by Crippen LogP contribution is 2.32. The van der Waals surface area contributed by atoms with Crippen LogP contribution in [0.2, 0.25) is 5.15 Å². The predicted molar refractivity (Wildman–Crippen MR) is 90.7 cm³/mol. The lowest BCUT2D eigenvalue weighted by Crippen LogP contribution is -2.26. The molecule has 1 N–H and O–H groups in total. The second-order valence-electron chi connectivity index (χ2n) is 6.28. The highest BCUT2D eigenvalue weighted by atomic mass is 35.5. The Hall–Kier alpha value is -1.91. The molecule has 11 heteroatoms. The molecule has 140 valence electrons. The number of halogens is 4. The summed E-state index contributed by atoms with van der Waals surface area (Å²) in [6, 6.07) is 1.85. The Kier molecular flexibility index (Phi) is 4.40. The topological polar surface area (TPSA) is 72.4 Å². The molecule has 3 heterocycles. The van der Waals surface area contributed by atoms with E-state index in [-0.39, 0.29) is 22.4 Å². The van der Waals surface area contributed by atoms with Gasteiger partial charge in [-0.1, -0.05) is 11.6 Å². The third kappa shape index (κ3) is 3.36. The fourth-order valence-electron chi connectivity index (χ4n) is 2.80. The SMILES string of the molecule is Cc1sc2nc(Cn3nc(Cl)cc3C(F)(F)F)cc(=O)n2c1C(C)(C)O. The molecule has 3 aromatic rings. The second kappa shape index (κ2) is 6.07. The van der Waals surface area contributed by atoms with E-state index >= 15 is 0 Å². The molecule has 0 saturated carbocycles. The number of hydrogen-bond acceptors (Lipinski definition) is 5. The van der Waals surface area contributed by atoms with E-state index in [2.05, 4.69) is 10.1 Å². The molecule has 0 spiro atoms. The van der Waals surface area contributed by atoms with E-state index in [1.54, 1.807) is 20.8 Å². The molecule has 0 aliphatic carbocycles. The van der Waals surface area contributed by atoms with Crippen molar-refractivity contribution in [1.82, 2.24) is 19.2 Å². The van der Waals surface area contributed by atoms with Crippen LogP contribution in [0.5, 0.6) is 0 Å². The Morgan fingerprint density at radius 2 is 1.96 bits per heavy atom. The van der Waals surface area contributed by atoms with Gasteiger partial charge in [0.15, 0.2) is 10.1 Å². The van der Waals surface area contributed by atoms with Crippen molar-refractivity contribution in [3.8, 4) is 0 Å². The summed E-state index contributed by atoms with van der Waals surface area (Å²) in [4.78, 5) is 17.7. The standard InChI is InChI=1S/C15H14ClF3N4O2S/c1-7-12(14(2,3)25)23-11(24)4-8(20-13(23)26-7)6-22-9(15(17,18)19)5-10(16)21-22/h4-5,25H,6H2,1-3H3. The zero-order chi connectivity index (χ0) is 19.4. The molecule has 0 amide bonds. The van der Waals surface area contributed by atoms with Gasteiger partial charge in [0, 0.05) is 17.0 Å². The molecule has 26 heavy (non-hydrogen) atoms. The van der Waals surface area contributed by atoms with E-state index in [0.29, 0.717) is 21.3 Å². The second-order valence-corrected chi connectivity index (χ2v) is 7.85. The normalized spacial score (nSPS) is 12.9. The van der Waals surface area contributed by atoms with Crippen LogP contribution in [-0.2, 0) is 18.3 Å². The van der Waals surface area contributed by atoms with Crippen LogP contribution in [0.25, 0.3) is 4.96 Å². The Morgan fingerprint density at radius 3 is 2.54 bits per heavy atom. The van der Waals surface area contributed by atoms with E-state index in [1.807, 2.05) is 0 Å². The molecule has 0 fully saturated rings. The van der Waals surface area contributed by atoms with Crippen LogP contribution in [0.15, 0.2) is 16.9 Å². The molecule has 0 unspecified atom stereocenters. The van der Waals surface area contributed by atoms with Gasteiger partial charge < -0.3 is 5.11 Å². The summed E-state index contributed by atoms with van der Waals surface area (Å²) < 4.78 is 41.1. The highest BCUT2D eigenvalue weighted by Gasteiger charge is 2.36. The van der Waals surface area contributed by atoms with Gasteiger partial charge in [-0.25, -0.2) is 4.98 Å². The number of nitrogens with zero attached hydrogens (tertiary/aromatic N) is 4. The Morgan fingerprint density at radius 1 is 1.31 bits per heavy atom. The summed E-state index contributed by atoms with van der Waals surface area (Å²) >= 11 is 6.77. The summed E-state index contributed by atoms with van der Waals surface area (Å²) in [5, 5.41) is 13.6. The van der Waals surface area contributed by atoms with Crippen molar-refractivity contribution in [1.29, 1.82) is 0 Å². The predicted octanol–water partition coefficient (Wildman–Crippen LogP) is 3.21. The summed E-state index contributed by atoms with van der Waals surface area (Å²) in [5.74, 6) is 0. The molecule has 0 saturated heterocycles. The number of aryl methyl sites for hydroxylation is 1. The zero-order valence-corrected chi connectivity index (χ0v) is 15.5. The minimum atomic E-state index is -4.63. The molecular weight excluding hydrogens is 393 g/mol. The molecule has 0 aromatic carbocycles. The first-order valence-electron chi connectivity index (χ1n) is 7.43. The summed E-state index contributed by atoms with van der Waals surface area (Å²) in [7, 11) is 0. The van der Waals surface area contributed by atoms with Crippen molar-refractivity contribution in [3.63, 3.8) is 0 Å². The molecule has 3 rings (SSSR count). The van der Waals surface area contributed by atoms with Crippen LogP contribution in [0.1, 0.15) is 35.8 Å². The monoisotopic (exact) mass is 406 g/mol. The summed E-state index contributed by atoms with van der Waals surface area (Å²) in [5.41, 5.74) is -2.26. The number of aliphatic hydroxyl groups is 1. The maximum atomic E-state index is 13.1. The number of alkyl halides is 3.